The number of anilines is 1. The summed E-state index contributed by atoms with van der Waals surface area (Å²) in [6.45, 7) is 0. The molecule has 10 heteroatoms. The molecule has 1 aliphatic carbocycles. The van der Waals surface area contributed by atoms with Crippen LogP contribution in [0.2, 0.25) is 0 Å². The van der Waals surface area contributed by atoms with Crippen molar-refractivity contribution < 1.29 is 23.9 Å². The van der Waals surface area contributed by atoms with Crippen molar-refractivity contribution in [3.63, 3.8) is 0 Å². The number of nitrogens with one attached hydrogen (secondary N) is 1. The van der Waals surface area contributed by atoms with Gasteiger partial charge in [0.05, 0.1) is 34.6 Å². The van der Waals surface area contributed by atoms with Crippen LogP contribution in [0.15, 0.2) is 54.9 Å². The van der Waals surface area contributed by atoms with Crippen molar-refractivity contribution in [1.29, 1.82) is 0 Å². The van der Waals surface area contributed by atoms with Crippen LogP contribution in [0.3, 0.4) is 0 Å². The first-order valence-electron chi connectivity index (χ1n) is 10.9. The molecule has 1 N–H and O–H groups in total. The number of aryl methyl sites for hydroxylation is 1. The number of methoxy groups -OCH3 is 2. The SMILES string of the molecule is COC(OC)c1ccc2c(n1)N(OC(=O)c1ccccc1)C1CC2(NC(=O)c2cnn(C)c2)C1. The summed E-state index contributed by atoms with van der Waals surface area (Å²) in [5.74, 6) is -0.245. The van der Waals surface area contributed by atoms with E-state index in [0.29, 0.717) is 35.5 Å². The number of hydrogen-bond donors (Lipinski definition) is 1. The maximum absolute atomic E-state index is 13.0. The molecule has 0 spiro atoms. The van der Waals surface area contributed by atoms with E-state index in [2.05, 4.69) is 10.4 Å². The van der Waals surface area contributed by atoms with Crippen molar-refractivity contribution in [2.45, 2.75) is 30.7 Å². The summed E-state index contributed by atoms with van der Waals surface area (Å²) in [7, 11) is 4.81. The van der Waals surface area contributed by atoms with Crippen molar-refractivity contribution in [3.8, 4) is 0 Å². The van der Waals surface area contributed by atoms with Crippen LogP contribution in [0.4, 0.5) is 5.82 Å². The second kappa shape index (κ2) is 8.54. The lowest BCUT2D eigenvalue weighted by atomic mass is 9.65. The third kappa shape index (κ3) is 3.70. The van der Waals surface area contributed by atoms with Gasteiger partial charge in [0.2, 0.25) is 6.29 Å². The van der Waals surface area contributed by atoms with Crippen LogP contribution in [-0.2, 0) is 26.9 Å². The number of amides is 1. The van der Waals surface area contributed by atoms with Crippen LogP contribution in [0.25, 0.3) is 0 Å². The Kier molecular flexibility index (Phi) is 5.54. The molecule has 6 rings (SSSR count). The molecule has 0 saturated heterocycles. The highest BCUT2D eigenvalue weighted by Gasteiger charge is 2.57. The zero-order chi connectivity index (χ0) is 23.9. The molecule has 2 bridgehead atoms. The number of benzene rings is 1. The summed E-state index contributed by atoms with van der Waals surface area (Å²) in [5.41, 5.74) is 1.59. The number of aromatic nitrogens is 3. The molecular formula is C24H25N5O5. The topological polar surface area (TPSA) is 108 Å². The van der Waals surface area contributed by atoms with Gasteiger partial charge in [-0.05, 0) is 31.0 Å². The summed E-state index contributed by atoms with van der Waals surface area (Å²) in [4.78, 5) is 36.3. The van der Waals surface area contributed by atoms with Crippen LogP contribution in [0.5, 0.6) is 0 Å². The highest BCUT2D eigenvalue weighted by Crippen LogP contribution is 2.53. The van der Waals surface area contributed by atoms with Crippen LogP contribution >= 0.6 is 0 Å². The zero-order valence-corrected chi connectivity index (χ0v) is 19.1. The Balaban J connectivity index is 1.49. The number of rotatable bonds is 7. The first kappa shape index (κ1) is 22.1. The minimum absolute atomic E-state index is 0.138. The highest BCUT2D eigenvalue weighted by atomic mass is 16.7. The average Bonchev–Trinajstić information content (AvgIpc) is 3.27. The van der Waals surface area contributed by atoms with Gasteiger partial charge in [-0.25, -0.2) is 9.78 Å². The number of ether oxygens (including phenoxy) is 2. The van der Waals surface area contributed by atoms with Crippen molar-refractivity contribution >= 4 is 17.7 Å². The fourth-order valence-corrected chi connectivity index (χ4v) is 4.61. The van der Waals surface area contributed by atoms with Crippen LogP contribution in [-0.4, -0.2) is 46.9 Å². The molecule has 2 aliphatic heterocycles. The van der Waals surface area contributed by atoms with E-state index in [1.165, 1.54) is 20.4 Å². The molecule has 10 nitrogen and oxygen atoms in total. The molecule has 1 fully saturated rings. The number of hydroxylamine groups is 1. The molecule has 4 heterocycles. The zero-order valence-electron chi connectivity index (χ0n) is 19.1. The third-order valence-electron chi connectivity index (χ3n) is 6.30. The molecule has 0 unspecified atom stereocenters. The van der Waals surface area contributed by atoms with Gasteiger partial charge < -0.3 is 19.6 Å². The Morgan fingerprint density at radius 2 is 1.82 bits per heavy atom. The minimum Gasteiger partial charge on any atom is -0.350 e. The fourth-order valence-electron chi connectivity index (χ4n) is 4.61. The Hall–Kier alpha value is -3.76. The number of carbonyl (C=O) groups excluding carboxylic acids is 2. The van der Waals surface area contributed by atoms with Crippen molar-refractivity contribution in [1.82, 2.24) is 20.1 Å². The van der Waals surface area contributed by atoms with Crippen molar-refractivity contribution in [2.75, 3.05) is 19.3 Å². The van der Waals surface area contributed by atoms with E-state index in [1.54, 1.807) is 53.3 Å². The Morgan fingerprint density at radius 1 is 1.09 bits per heavy atom. The second-order valence-corrected chi connectivity index (χ2v) is 8.48. The molecule has 1 amide bonds. The Labute approximate surface area is 196 Å². The van der Waals surface area contributed by atoms with Gasteiger partial charge in [0.1, 0.15) is 0 Å². The molecule has 0 atom stereocenters. The van der Waals surface area contributed by atoms with E-state index in [4.69, 9.17) is 19.3 Å². The van der Waals surface area contributed by atoms with Crippen LogP contribution < -0.4 is 10.4 Å². The first-order chi connectivity index (χ1) is 16.4. The molecule has 1 aromatic carbocycles. The van der Waals surface area contributed by atoms with Gasteiger partial charge in [-0.2, -0.15) is 10.2 Å². The predicted molar refractivity (Wildman–Crippen MR) is 121 cm³/mol. The lowest BCUT2D eigenvalue weighted by Gasteiger charge is -2.56. The largest absolute Gasteiger partial charge is 0.363 e. The highest BCUT2D eigenvalue weighted by molar-refractivity contribution is 5.95. The molecule has 1 saturated carbocycles. The second-order valence-electron chi connectivity index (χ2n) is 8.48. The van der Waals surface area contributed by atoms with Gasteiger partial charge >= 0.3 is 5.97 Å². The van der Waals surface area contributed by atoms with E-state index >= 15 is 0 Å². The summed E-state index contributed by atoms with van der Waals surface area (Å²) in [5, 5.41) is 8.80. The smallest absolute Gasteiger partial charge is 0.350 e. The van der Waals surface area contributed by atoms with Crippen molar-refractivity contribution in [3.05, 3.63) is 77.2 Å². The van der Waals surface area contributed by atoms with E-state index in [0.717, 1.165) is 5.56 Å². The monoisotopic (exact) mass is 463 g/mol. The van der Waals surface area contributed by atoms with Gasteiger partial charge in [0, 0.05) is 33.0 Å². The van der Waals surface area contributed by atoms with Crippen LogP contribution in [0, 0.1) is 0 Å². The molecule has 176 valence electrons. The van der Waals surface area contributed by atoms with Gasteiger partial charge in [-0.15, -0.1) is 0 Å². The Morgan fingerprint density at radius 3 is 2.47 bits per heavy atom. The number of carbonyl (C=O) groups is 2. The quantitative estimate of drug-likeness (QED) is 0.533. The summed E-state index contributed by atoms with van der Waals surface area (Å²) >= 11 is 0. The summed E-state index contributed by atoms with van der Waals surface area (Å²) in [6, 6.07) is 12.3. The van der Waals surface area contributed by atoms with Crippen molar-refractivity contribution in [2.24, 2.45) is 7.05 Å². The van der Waals surface area contributed by atoms with E-state index in [-0.39, 0.29) is 11.9 Å². The van der Waals surface area contributed by atoms with E-state index < -0.39 is 17.8 Å². The fraction of sp³-hybridized carbons (Fsp3) is 0.333. The maximum Gasteiger partial charge on any atom is 0.363 e. The molecular weight excluding hydrogens is 438 g/mol. The van der Waals surface area contributed by atoms with Gasteiger partial charge in [0.25, 0.3) is 5.91 Å². The lowest BCUT2D eigenvalue weighted by Crippen LogP contribution is -2.66. The number of pyridine rings is 1. The summed E-state index contributed by atoms with van der Waals surface area (Å²) in [6.07, 6.45) is 3.67. The third-order valence-corrected chi connectivity index (χ3v) is 6.30. The van der Waals surface area contributed by atoms with E-state index in [9.17, 15) is 9.59 Å². The standard InChI is InChI=1S/C24H25N5O5/c1-28-14-16(13-25-28)21(30)27-24-11-17(12-24)29(34-22(31)15-7-5-4-6-8-15)20-18(24)9-10-19(26-20)23(32-2)33-3/h4-10,13-14,17,23H,11-12H2,1-3H3,(H,27,30). The van der Waals surface area contributed by atoms with Crippen LogP contribution in [0.1, 0.15) is 51.1 Å². The minimum atomic E-state index is -0.684. The van der Waals surface area contributed by atoms with Gasteiger partial charge in [0.15, 0.2) is 5.82 Å². The summed E-state index contributed by atoms with van der Waals surface area (Å²) < 4.78 is 12.3. The van der Waals surface area contributed by atoms with Gasteiger partial charge in [-0.3, -0.25) is 9.48 Å². The Bertz CT molecular complexity index is 1220. The molecule has 34 heavy (non-hydrogen) atoms. The average molecular weight is 463 g/mol. The normalized spacial score (nSPS) is 20.5. The lowest BCUT2D eigenvalue weighted by molar-refractivity contribution is -0.108. The number of hydrogen-bond acceptors (Lipinski definition) is 8. The molecule has 3 aliphatic rings. The van der Waals surface area contributed by atoms with E-state index in [1.807, 2.05) is 12.1 Å². The molecule has 2 aromatic heterocycles. The molecule has 0 radical (unpaired) electrons. The maximum atomic E-state index is 13.0. The number of nitrogens with zero attached hydrogens (tertiary/aromatic N) is 4. The molecule has 3 aromatic rings. The predicted octanol–water partition coefficient (Wildman–Crippen LogP) is 2.49. The first-order valence-corrected chi connectivity index (χ1v) is 10.9. The van der Waals surface area contributed by atoms with Gasteiger partial charge in [-0.1, -0.05) is 24.3 Å².